The molecule has 2 fully saturated rings. The lowest BCUT2D eigenvalue weighted by Gasteiger charge is -2.52. The molecule has 0 spiro atoms. The highest BCUT2D eigenvalue weighted by molar-refractivity contribution is 6.36. The van der Waals surface area contributed by atoms with E-state index < -0.39 is 23.2 Å². The number of nitrogen functional groups attached to an aromatic ring is 1. The zero-order valence-corrected chi connectivity index (χ0v) is 26.2. The van der Waals surface area contributed by atoms with Crippen LogP contribution in [-0.2, 0) is 11.3 Å². The minimum Gasteiger partial charge on any atom is -0.482 e. The van der Waals surface area contributed by atoms with E-state index in [0.29, 0.717) is 49.7 Å². The summed E-state index contributed by atoms with van der Waals surface area (Å²) >= 11 is 12.4. The molecule has 5 rings (SSSR count). The minimum atomic E-state index is -0.923. The summed E-state index contributed by atoms with van der Waals surface area (Å²) in [4.78, 5) is 20.4. The first-order chi connectivity index (χ1) is 20.2. The number of hydrogen-bond donors (Lipinski definition) is 2. The molecule has 2 aromatic heterocycles. The lowest BCUT2D eigenvalue weighted by atomic mass is 9.90. The second-order valence-corrected chi connectivity index (χ2v) is 13.1. The number of piperidine rings is 1. The smallest absolute Gasteiger partial charge is 0.410 e. The fraction of sp³-hybridized carbons (Fsp3) is 0.500. The van der Waals surface area contributed by atoms with Crippen molar-refractivity contribution in [1.29, 1.82) is 0 Å². The van der Waals surface area contributed by atoms with Gasteiger partial charge in [0.1, 0.15) is 23.2 Å². The van der Waals surface area contributed by atoms with Gasteiger partial charge in [-0.3, -0.25) is 9.58 Å². The van der Waals surface area contributed by atoms with Crippen molar-refractivity contribution in [2.75, 3.05) is 31.9 Å². The number of nitrogens with two attached hydrogens (primary N) is 1. The summed E-state index contributed by atoms with van der Waals surface area (Å²) in [6.07, 6.45) is 5.26. The van der Waals surface area contributed by atoms with E-state index in [4.69, 9.17) is 38.4 Å². The Morgan fingerprint density at radius 2 is 1.91 bits per heavy atom. The summed E-state index contributed by atoms with van der Waals surface area (Å²) in [5.41, 5.74) is 6.52. The van der Waals surface area contributed by atoms with Crippen molar-refractivity contribution < 1.29 is 23.8 Å². The topological polar surface area (TPSA) is 119 Å². The van der Waals surface area contributed by atoms with Crippen LogP contribution in [0.5, 0.6) is 5.75 Å². The maximum Gasteiger partial charge on any atom is 0.410 e. The van der Waals surface area contributed by atoms with Gasteiger partial charge in [0, 0.05) is 85.6 Å². The Bertz CT molecular complexity index is 1480. The first kappa shape index (κ1) is 31.3. The van der Waals surface area contributed by atoms with E-state index in [1.165, 1.54) is 12.1 Å². The zero-order chi connectivity index (χ0) is 31.1. The van der Waals surface area contributed by atoms with Crippen LogP contribution < -0.4 is 10.5 Å². The molecule has 1 amide bonds. The monoisotopic (exact) mass is 634 g/mol. The summed E-state index contributed by atoms with van der Waals surface area (Å²) in [5.74, 6) is 0.229. The Labute approximate surface area is 260 Å². The van der Waals surface area contributed by atoms with Gasteiger partial charge in [0.15, 0.2) is 11.6 Å². The lowest BCUT2D eigenvalue weighted by molar-refractivity contribution is -0.182. The number of carbonyl (C=O) groups is 1. The largest absolute Gasteiger partial charge is 0.482 e. The molecule has 1 unspecified atom stereocenters. The molecule has 0 saturated carbocycles. The number of likely N-dealkylation sites (tertiary alicyclic amines) is 2. The number of halogens is 3. The van der Waals surface area contributed by atoms with Gasteiger partial charge in [0.25, 0.3) is 0 Å². The molecule has 2 saturated heterocycles. The molecule has 13 heteroatoms. The average Bonchev–Trinajstić information content (AvgIpc) is 3.37. The number of rotatable bonds is 7. The van der Waals surface area contributed by atoms with Crippen molar-refractivity contribution in [1.82, 2.24) is 24.6 Å². The van der Waals surface area contributed by atoms with Gasteiger partial charge in [-0.15, -0.1) is 0 Å². The van der Waals surface area contributed by atoms with Crippen molar-refractivity contribution in [3.63, 3.8) is 0 Å². The standard InChI is InChI=1S/C30H37Cl2FN6O4/c1-18(25-22(31)5-6-23(33)26(25)32)42-24-11-20(12-35-27(24)34)21-13-36-39(17-21)16-19-14-38(15-19)30(41)7-9-37(10-8-30)28(40)43-29(2,3)4/h5-6,11-13,17-19,41H,7-10,14-16H2,1-4H3,(H2,34,35). The molecule has 43 heavy (non-hydrogen) atoms. The number of benzene rings is 1. The molecule has 2 aliphatic rings. The molecular weight excluding hydrogens is 598 g/mol. The molecule has 2 aliphatic heterocycles. The SMILES string of the molecule is CC(Oc1cc(-c2cnn(CC3CN(C4(O)CCN(C(=O)OC(C)(C)C)CC4)C3)c2)cnc1N)c1c(Cl)ccc(F)c1Cl. The highest BCUT2D eigenvalue weighted by Crippen LogP contribution is 2.37. The number of ether oxygens (including phenoxy) is 2. The van der Waals surface area contributed by atoms with Crippen LogP contribution in [0.4, 0.5) is 15.0 Å². The van der Waals surface area contributed by atoms with Crippen molar-refractivity contribution in [3.05, 3.63) is 58.2 Å². The fourth-order valence-electron chi connectivity index (χ4n) is 5.46. The summed E-state index contributed by atoms with van der Waals surface area (Å²) < 4.78 is 27.4. The first-order valence-corrected chi connectivity index (χ1v) is 15.0. The van der Waals surface area contributed by atoms with Crippen LogP contribution >= 0.6 is 23.2 Å². The number of hydrogen-bond acceptors (Lipinski definition) is 8. The third-order valence-corrected chi connectivity index (χ3v) is 8.56. The van der Waals surface area contributed by atoms with E-state index in [9.17, 15) is 14.3 Å². The molecule has 0 bridgehead atoms. The van der Waals surface area contributed by atoms with Crippen molar-refractivity contribution in [2.45, 2.75) is 64.5 Å². The zero-order valence-electron chi connectivity index (χ0n) is 24.7. The molecule has 1 atom stereocenters. The molecule has 3 N–H and O–H groups in total. The summed E-state index contributed by atoms with van der Waals surface area (Å²) in [5, 5.41) is 16.0. The van der Waals surface area contributed by atoms with Gasteiger partial charge in [-0.05, 0) is 45.9 Å². The number of aliphatic hydroxyl groups is 1. The maximum atomic E-state index is 14.0. The Hall–Kier alpha value is -3.12. The summed E-state index contributed by atoms with van der Waals surface area (Å²) in [6, 6.07) is 4.39. The maximum absolute atomic E-state index is 14.0. The first-order valence-electron chi connectivity index (χ1n) is 14.3. The van der Waals surface area contributed by atoms with Crippen molar-refractivity contribution in [3.8, 4) is 16.9 Å². The van der Waals surface area contributed by atoms with Gasteiger partial charge in [-0.1, -0.05) is 23.2 Å². The number of pyridine rings is 1. The van der Waals surface area contributed by atoms with Crippen LogP contribution in [0.2, 0.25) is 10.0 Å². The van der Waals surface area contributed by atoms with E-state index in [-0.39, 0.29) is 22.0 Å². The molecule has 3 aromatic rings. The predicted octanol–water partition coefficient (Wildman–Crippen LogP) is 5.76. The second-order valence-electron chi connectivity index (χ2n) is 12.3. The van der Waals surface area contributed by atoms with Crippen LogP contribution in [0, 0.1) is 11.7 Å². The number of carbonyl (C=O) groups excluding carboxylic acids is 1. The lowest BCUT2D eigenvalue weighted by Crippen LogP contribution is -2.64. The quantitative estimate of drug-likeness (QED) is 0.315. The fourth-order valence-corrected chi connectivity index (χ4v) is 6.14. The summed E-state index contributed by atoms with van der Waals surface area (Å²) in [6.45, 7) is 10.3. The van der Waals surface area contributed by atoms with E-state index in [1.807, 2.05) is 31.6 Å². The number of aromatic nitrogens is 3. The van der Waals surface area contributed by atoms with Crippen LogP contribution in [0.1, 0.15) is 52.2 Å². The van der Waals surface area contributed by atoms with Gasteiger partial charge in [-0.25, -0.2) is 14.2 Å². The van der Waals surface area contributed by atoms with Gasteiger partial charge in [0.2, 0.25) is 0 Å². The molecule has 10 nitrogen and oxygen atoms in total. The molecule has 0 aliphatic carbocycles. The Morgan fingerprint density at radius 1 is 1.21 bits per heavy atom. The Morgan fingerprint density at radius 3 is 2.58 bits per heavy atom. The van der Waals surface area contributed by atoms with Crippen LogP contribution in [0.25, 0.3) is 11.1 Å². The molecule has 232 valence electrons. The predicted molar refractivity (Wildman–Crippen MR) is 162 cm³/mol. The Balaban J connectivity index is 1.16. The number of anilines is 1. The van der Waals surface area contributed by atoms with E-state index in [1.54, 1.807) is 30.3 Å². The van der Waals surface area contributed by atoms with Crippen LogP contribution in [0.15, 0.2) is 36.8 Å². The average molecular weight is 636 g/mol. The number of amides is 1. The van der Waals surface area contributed by atoms with Gasteiger partial charge in [-0.2, -0.15) is 5.10 Å². The van der Waals surface area contributed by atoms with Gasteiger partial charge < -0.3 is 25.2 Å². The van der Waals surface area contributed by atoms with Crippen LogP contribution in [-0.4, -0.2) is 73.3 Å². The van der Waals surface area contributed by atoms with E-state index in [2.05, 4.69) is 15.0 Å². The Kier molecular flexibility index (Phi) is 8.82. The highest BCUT2D eigenvalue weighted by Gasteiger charge is 2.45. The van der Waals surface area contributed by atoms with Crippen molar-refractivity contribution in [2.24, 2.45) is 5.92 Å². The third-order valence-electron chi connectivity index (χ3n) is 7.85. The highest BCUT2D eigenvalue weighted by atomic mass is 35.5. The molecule has 0 radical (unpaired) electrons. The number of nitrogens with zero attached hydrogens (tertiary/aromatic N) is 5. The van der Waals surface area contributed by atoms with E-state index in [0.717, 1.165) is 24.2 Å². The second kappa shape index (κ2) is 12.1. The van der Waals surface area contributed by atoms with Gasteiger partial charge in [0.05, 0.1) is 11.2 Å². The van der Waals surface area contributed by atoms with E-state index >= 15 is 0 Å². The van der Waals surface area contributed by atoms with Crippen molar-refractivity contribution >= 4 is 35.1 Å². The normalized spacial score (nSPS) is 18.3. The molecule has 4 heterocycles. The van der Waals surface area contributed by atoms with Crippen LogP contribution in [0.3, 0.4) is 0 Å². The van der Waals surface area contributed by atoms with Gasteiger partial charge >= 0.3 is 6.09 Å². The summed E-state index contributed by atoms with van der Waals surface area (Å²) in [7, 11) is 0. The minimum absolute atomic E-state index is 0.100. The third kappa shape index (κ3) is 7.01. The molecule has 1 aromatic carbocycles. The molecular formula is C30H37Cl2FN6O4.